The fourth-order valence-electron chi connectivity index (χ4n) is 2.20. The number of halogens is 1. The van der Waals surface area contributed by atoms with Crippen LogP contribution in [0.25, 0.3) is 0 Å². The van der Waals surface area contributed by atoms with Gasteiger partial charge in [-0.25, -0.2) is 4.39 Å². The predicted octanol–water partition coefficient (Wildman–Crippen LogP) is 4.76. The summed E-state index contributed by atoms with van der Waals surface area (Å²) in [7, 11) is 0. The molecule has 136 valence electrons. The quantitative estimate of drug-likeness (QED) is 0.460. The fraction of sp³-hybridized carbons (Fsp3) is 0.400. The van der Waals surface area contributed by atoms with Crippen molar-refractivity contribution < 1.29 is 13.9 Å². The Kier molecular flexibility index (Phi) is 8.63. The summed E-state index contributed by atoms with van der Waals surface area (Å²) in [5.74, 6) is 2.38. The van der Waals surface area contributed by atoms with Crippen LogP contribution in [-0.2, 0) is 0 Å². The van der Waals surface area contributed by atoms with Gasteiger partial charge in [-0.2, -0.15) is 0 Å². The monoisotopic (exact) mass is 363 g/mol. The van der Waals surface area contributed by atoms with Gasteiger partial charge in [0.15, 0.2) is 11.5 Å². The molecule has 2 rings (SSSR count). The molecule has 2 aromatic carbocycles. The van der Waals surface area contributed by atoms with Crippen LogP contribution in [0.3, 0.4) is 0 Å². The normalized spacial score (nSPS) is 10.9. The average molecular weight is 363 g/mol. The lowest BCUT2D eigenvalue weighted by atomic mass is 10.3. The zero-order chi connectivity index (χ0) is 17.9. The Morgan fingerprint density at radius 3 is 2.44 bits per heavy atom. The lowest BCUT2D eigenvalue weighted by Crippen LogP contribution is -2.22. The summed E-state index contributed by atoms with van der Waals surface area (Å²) in [5, 5.41) is 3.37. The molecule has 0 saturated heterocycles. The maximum atomic E-state index is 12.8. The number of hydrogen-bond donors (Lipinski definition) is 1. The Hall–Kier alpha value is -1.72. The van der Waals surface area contributed by atoms with Gasteiger partial charge in [-0.05, 0) is 69.0 Å². The van der Waals surface area contributed by atoms with Crippen molar-refractivity contribution in [3.8, 4) is 11.5 Å². The molecule has 0 atom stereocenters. The lowest BCUT2D eigenvalue weighted by Gasteiger charge is -2.15. The van der Waals surface area contributed by atoms with Crippen LogP contribution in [-0.4, -0.2) is 31.6 Å². The number of para-hydroxylation sites is 2. The van der Waals surface area contributed by atoms with E-state index in [0.29, 0.717) is 6.61 Å². The SMILES string of the molecule is CC(C)Oc1ccccc1OCCNCCCSc1ccc(F)cc1. The molecule has 0 spiro atoms. The van der Waals surface area contributed by atoms with Gasteiger partial charge < -0.3 is 14.8 Å². The lowest BCUT2D eigenvalue weighted by molar-refractivity contribution is 0.221. The first kappa shape index (κ1) is 19.6. The summed E-state index contributed by atoms with van der Waals surface area (Å²) in [6.45, 7) is 6.33. The average Bonchev–Trinajstić information content (AvgIpc) is 2.59. The Morgan fingerprint density at radius 1 is 1.00 bits per heavy atom. The van der Waals surface area contributed by atoms with Crippen molar-refractivity contribution in [2.75, 3.05) is 25.4 Å². The highest BCUT2D eigenvalue weighted by Gasteiger charge is 2.05. The Morgan fingerprint density at radius 2 is 1.72 bits per heavy atom. The Balaban J connectivity index is 1.55. The first-order valence-corrected chi connectivity index (χ1v) is 9.61. The van der Waals surface area contributed by atoms with Crippen molar-refractivity contribution in [1.82, 2.24) is 5.32 Å². The summed E-state index contributed by atoms with van der Waals surface area (Å²) >= 11 is 1.74. The second-order valence-corrected chi connectivity index (χ2v) is 7.04. The largest absolute Gasteiger partial charge is 0.488 e. The molecule has 5 heteroatoms. The van der Waals surface area contributed by atoms with Crippen LogP contribution in [0, 0.1) is 5.82 Å². The van der Waals surface area contributed by atoms with Crippen LogP contribution in [0.2, 0.25) is 0 Å². The van der Waals surface area contributed by atoms with Gasteiger partial charge in [0.2, 0.25) is 0 Å². The standard InChI is InChI=1S/C20H26FNO2S/c1-16(2)24-20-7-4-3-6-19(20)23-14-13-22-12-5-15-25-18-10-8-17(21)9-11-18/h3-4,6-11,16,22H,5,12-15H2,1-2H3. The highest BCUT2D eigenvalue weighted by atomic mass is 32.2. The first-order chi connectivity index (χ1) is 12.1. The van der Waals surface area contributed by atoms with Crippen LogP contribution >= 0.6 is 11.8 Å². The number of thioether (sulfide) groups is 1. The second-order valence-electron chi connectivity index (χ2n) is 5.87. The van der Waals surface area contributed by atoms with Crippen molar-refractivity contribution in [3.63, 3.8) is 0 Å². The van der Waals surface area contributed by atoms with E-state index in [1.807, 2.05) is 50.2 Å². The highest BCUT2D eigenvalue weighted by molar-refractivity contribution is 7.99. The van der Waals surface area contributed by atoms with Crippen LogP contribution in [0.1, 0.15) is 20.3 Å². The number of nitrogens with one attached hydrogen (secondary N) is 1. The maximum absolute atomic E-state index is 12.8. The minimum absolute atomic E-state index is 0.126. The fourth-order valence-corrected chi connectivity index (χ4v) is 3.05. The molecule has 3 nitrogen and oxygen atoms in total. The van der Waals surface area contributed by atoms with Crippen molar-refractivity contribution in [2.45, 2.75) is 31.3 Å². The summed E-state index contributed by atoms with van der Waals surface area (Å²) in [6.07, 6.45) is 1.18. The number of hydrogen-bond acceptors (Lipinski definition) is 4. The summed E-state index contributed by atoms with van der Waals surface area (Å²) in [5.41, 5.74) is 0. The minimum Gasteiger partial charge on any atom is -0.488 e. The van der Waals surface area contributed by atoms with Crippen molar-refractivity contribution in [2.24, 2.45) is 0 Å². The molecule has 0 amide bonds. The van der Waals surface area contributed by atoms with Crippen LogP contribution < -0.4 is 14.8 Å². The number of rotatable bonds is 11. The second kappa shape index (κ2) is 11.0. The minimum atomic E-state index is -0.189. The van der Waals surface area contributed by atoms with E-state index in [2.05, 4.69) is 5.32 Å². The van der Waals surface area contributed by atoms with E-state index in [9.17, 15) is 4.39 Å². The van der Waals surface area contributed by atoms with E-state index in [0.717, 1.165) is 41.7 Å². The van der Waals surface area contributed by atoms with Gasteiger partial charge in [0.25, 0.3) is 0 Å². The molecular weight excluding hydrogens is 337 g/mol. The van der Waals surface area contributed by atoms with Crippen LogP contribution in [0.4, 0.5) is 4.39 Å². The van der Waals surface area contributed by atoms with Gasteiger partial charge in [0.1, 0.15) is 12.4 Å². The molecule has 0 radical (unpaired) electrons. The van der Waals surface area contributed by atoms with Crippen molar-refractivity contribution in [1.29, 1.82) is 0 Å². The molecule has 0 aliphatic heterocycles. The molecule has 25 heavy (non-hydrogen) atoms. The third-order valence-corrected chi connectivity index (χ3v) is 4.43. The van der Waals surface area contributed by atoms with Crippen LogP contribution in [0.15, 0.2) is 53.4 Å². The number of ether oxygens (including phenoxy) is 2. The van der Waals surface area contributed by atoms with E-state index >= 15 is 0 Å². The molecule has 0 unspecified atom stereocenters. The van der Waals surface area contributed by atoms with E-state index in [4.69, 9.17) is 9.47 Å². The molecule has 0 saturated carbocycles. The van der Waals surface area contributed by atoms with Gasteiger partial charge >= 0.3 is 0 Å². The molecule has 0 heterocycles. The zero-order valence-electron chi connectivity index (χ0n) is 14.8. The Labute approximate surface area is 153 Å². The highest BCUT2D eigenvalue weighted by Crippen LogP contribution is 2.27. The van der Waals surface area contributed by atoms with Gasteiger partial charge in [0.05, 0.1) is 6.10 Å². The summed E-state index contributed by atoms with van der Waals surface area (Å²) < 4.78 is 24.3. The zero-order valence-corrected chi connectivity index (χ0v) is 15.7. The van der Waals surface area contributed by atoms with Gasteiger partial charge in [-0.3, -0.25) is 0 Å². The maximum Gasteiger partial charge on any atom is 0.161 e. The molecule has 0 aliphatic rings. The van der Waals surface area contributed by atoms with Crippen LogP contribution in [0.5, 0.6) is 11.5 Å². The Bertz CT molecular complexity index is 619. The third-order valence-electron chi connectivity index (χ3n) is 3.33. The van der Waals surface area contributed by atoms with Gasteiger partial charge in [-0.15, -0.1) is 11.8 Å². The van der Waals surface area contributed by atoms with E-state index in [1.165, 1.54) is 12.1 Å². The molecule has 1 N–H and O–H groups in total. The van der Waals surface area contributed by atoms with E-state index in [1.54, 1.807) is 11.8 Å². The van der Waals surface area contributed by atoms with Crippen molar-refractivity contribution in [3.05, 3.63) is 54.3 Å². The van der Waals surface area contributed by atoms with E-state index in [-0.39, 0.29) is 11.9 Å². The molecule has 2 aromatic rings. The summed E-state index contributed by atoms with van der Waals surface area (Å²) in [4.78, 5) is 1.10. The summed E-state index contributed by atoms with van der Waals surface area (Å²) in [6, 6.07) is 14.4. The smallest absolute Gasteiger partial charge is 0.161 e. The first-order valence-electron chi connectivity index (χ1n) is 8.62. The predicted molar refractivity (Wildman–Crippen MR) is 102 cm³/mol. The molecular formula is C20H26FNO2S. The molecule has 0 fully saturated rings. The van der Waals surface area contributed by atoms with Crippen molar-refractivity contribution >= 4 is 11.8 Å². The number of benzene rings is 2. The van der Waals surface area contributed by atoms with E-state index < -0.39 is 0 Å². The molecule has 0 bridgehead atoms. The van der Waals surface area contributed by atoms with Gasteiger partial charge in [-0.1, -0.05) is 12.1 Å². The van der Waals surface area contributed by atoms with Gasteiger partial charge in [0, 0.05) is 11.4 Å². The topological polar surface area (TPSA) is 30.5 Å². The third kappa shape index (κ3) is 7.80. The molecule has 0 aromatic heterocycles. The molecule has 0 aliphatic carbocycles.